The van der Waals surface area contributed by atoms with Gasteiger partial charge in [-0.05, 0) is 18.6 Å². The van der Waals surface area contributed by atoms with Gasteiger partial charge in [0.25, 0.3) is 0 Å². The smallest absolute Gasteiger partial charge is 0.387 e. The molecule has 1 heterocycles. The molecule has 1 aromatic rings. The van der Waals surface area contributed by atoms with Crippen LogP contribution in [0.3, 0.4) is 0 Å². The van der Waals surface area contributed by atoms with Crippen molar-refractivity contribution in [3.8, 4) is 11.5 Å². The maximum Gasteiger partial charge on any atom is 0.387 e. The van der Waals surface area contributed by atoms with Gasteiger partial charge in [-0.1, -0.05) is 13.8 Å². The third-order valence-electron chi connectivity index (χ3n) is 2.17. The van der Waals surface area contributed by atoms with E-state index in [0.29, 0.717) is 30.2 Å². The predicted octanol–water partition coefficient (Wildman–Crippen LogP) is 3.43. The zero-order chi connectivity index (χ0) is 12.8. The molecule has 5 heteroatoms. The zero-order valence-electron chi connectivity index (χ0n) is 10.2. The Labute approximate surface area is 99.7 Å². The number of benzene rings is 1. The average Bonchev–Trinajstić information content (AvgIpc) is 2.32. The summed E-state index contributed by atoms with van der Waals surface area (Å²) in [7, 11) is 0. The fraction of sp³-hybridized carbons (Fsp3) is 0.500. The molecule has 0 radical (unpaired) electrons. The van der Waals surface area contributed by atoms with Gasteiger partial charge in [0.1, 0.15) is 18.1 Å². The maximum atomic E-state index is 12.1. The Balaban J connectivity index is 0.000000686. The van der Waals surface area contributed by atoms with E-state index in [9.17, 15) is 8.78 Å². The van der Waals surface area contributed by atoms with Gasteiger partial charge in [0, 0.05) is 12.6 Å². The number of alkyl halides is 2. The minimum atomic E-state index is -2.80. The first kappa shape index (κ1) is 13.5. The minimum Gasteiger partial charge on any atom is -0.490 e. The monoisotopic (exact) mass is 245 g/mol. The topological polar surface area (TPSA) is 30.5 Å². The fourth-order valence-corrected chi connectivity index (χ4v) is 1.49. The van der Waals surface area contributed by atoms with E-state index in [1.165, 1.54) is 6.07 Å². The first-order valence-corrected chi connectivity index (χ1v) is 5.63. The summed E-state index contributed by atoms with van der Waals surface area (Å²) in [5, 5.41) is 3.05. The van der Waals surface area contributed by atoms with Gasteiger partial charge in [0.15, 0.2) is 0 Å². The third-order valence-corrected chi connectivity index (χ3v) is 2.17. The Morgan fingerprint density at radius 1 is 1.35 bits per heavy atom. The molecule has 0 aromatic heterocycles. The summed E-state index contributed by atoms with van der Waals surface area (Å²) < 4.78 is 33.9. The summed E-state index contributed by atoms with van der Waals surface area (Å²) in [6, 6.07) is 3.23. The summed E-state index contributed by atoms with van der Waals surface area (Å²) in [6.45, 7) is 4.16. The molecule has 0 amide bonds. The van der Waals surface area contributed by atoms with Crippen molar-refractivity contribution >= 4 is 5.69 Å². The van der Waals surface area contributed by atoms with Crippen LogP contribution < -0.4 is 14.8 Å². The molecule has 17 heavy (non-hydrogen) atoms. The molecule has 0 saturated carbocycles. The average molecular weight is 245 g/mol. The SMILES string of the molecule is CC.Cc1cc2c(cc1OC(F)F)NCCO2. The van der Waals surface area contributed by atoms with Crippen molar-refractivity contribution in [2.24, 2.45) is 0 Å². The lowest BCUT2D eigenvalue weighted by molar-refractivity contribution is -0.0502. The van der Waals surface area contributed by atoms with Crippen molar-refractivity contribution in [1.29, 1.82) is 0 Å². The highest BCUT2D eigenvalue weighted by Gasteiger charge is 2.15. The van der Waals surface area contributed by atoms with Gasteiger partial charge in [-0.25, -0.2) is 0 Å². The summed E-state index contributed by atoms with van der Waals surface area (Å²) in [4.78, 5) is 0. The third kappa shape index (κ3) is 3.47. The number of anilines is 1. The van der Waals surface area contributed by atoms with Crippen LogP contribution in [-0.4, -0.2) is 19.8 Å². The molecule has 1 N–H and O–H groups in total. The van der Waals surface area contributed by atoms with Gasteiger partial charge >= 0.3 is 6.61 Å². The van der Waals surface area contributed by atoms with E-state index in [1.807, 2.05) is 13.8 Å². The second-order valence-corrected chi connectivity index (χ2v) is 3.27. The lowest BCUT2D eigenvalue weighted by Gasteiger charge is -2.21. The van der Waals surface area contributed by atoms with Gasteiger partial charge in [-0.15, -0.1) is 0 Å². The number of ether oxygens (including phenoxy) is 2. The molecule has 0 aliphatic carbocycles. The van der Waals surface area contributed by atoms with Crippen LogP contribution in [0.15, 0.2) is 12.1 Å². The zero-order valence-corrected chi connectivity index (χ0v) is 10.2. The Hall–Kier alpha value is -1.52. The van der Waals surface area contributed by atoms with Gasteiger partial charge in [0.05, 0.1) is 5.69 Å². The number of hydrogen-bond acceptors (Lipinski definition) is 3. The molecule has 1 aliphatic heterocycles. The van der Waals surface area contributed by atoms with Crippen LogP contribution in [0.5, 0.6) is 11.5 Å². The highest BCUT2D eigenvalue weighted by atomic mass is 19.3. The highest BCUT2D eigenvalue weighted by molar-refractivity contribution is 5.63. The lowest BCUT2D eigenvalue weighted by atomic mass is 10.1. The van der Waals surface area contributed by atoms with Crippen molar-refractivity contribution in [1.82, 2.24) is 0 Å². The van der Waals surface area contributed by atoms with Crippen LogP contribution in [-0.2, 0) is 0 Å². The molecule has 0 fully saturated rings. The van der Waals surface area contributed by atoms with Crippen LogP contribution in [0.2, 0.25) is 0 Å². The molecular formula is C12H17F2NO2. The van der Waals surface area contributed by atoms with Gasteiger partial charge in [-0.2, -0.15) is 8.78 Å². The van der Waals surface area contributed by atoms with Crippen molar-refractivity contribution in [3.05, 3.63) is 17.7 Å². The summed E-state index contributed by atoms with van der Waals surface area (Å²) in [5.74, 6) is 0.863. The second-order valence-electron chi connectivity index (χ2n) is 3.27. The number of rotatable bonds is 2. The fourth-order valence-electron chi connectivity index (χ4n) is 1.49. The van der Waals surface area contributed by atoms with E-state index in [-0.39, 0.29) is 5.75 Å². The van der Waals surface area contributed by atoms with E-state index in [1.54, 1.807) is 13.0 Å². The van der Waals surface area contributed by atoms with E-state index in [4.69, 9.17) is 4.74 Å². The second kappa shape index (κ2) is 6.27. The quantitative estimate of drug-likeness (QED) is 0.865. The molecule has 2 rings (SSSR count). The van der Waals surface area contributed by atoms with E-state index >= 15 is 0 Å². The molecule has 0 unspecified atom stereocenters. The molecule has 3 nitrogen and oxygen atoms in total. The first-order valence-electron chi connectivity index (χ1n) is 5.63. The Bertz CT molecular complexity index is 370. The minimum absolute atomic E-state index is 0.182. The predicted molar refractivity (Wildman–Crippen MR) is 63.1 cm³/mol. The van der Waals surface area contributed by atoms with Crippen LogP contribution in [0.1, 0.15) is 19.4 Å². The highest BCUT2D eigenvalue weighted by Crippen LogP contribution is 2.34. The van der Waals surface area contributed by atoms with Gasteiger partial charge < -0.3 is 14.8 Å². The van der Waals surface area contributed by atoms with Gasteiger partial charge in [0.2, 0.25) is 0 Å². The van der Waals surface area contributed by atoms with E-state index in [2.05, 4.69) is 10.1 Å². The number of nitrogens with one attached hydrogen (secondary N) is 1. The number of aryl methyl sites for hydroxylation is 1. The molecule has 96 valence electrons. The van der Waals surface area contributed by atoms with Crippen molar-refractivity contribution in [3.63, 3.8) is 0 Å². The molecule has 1 aliphatic rings. The Morgan fingerprint density at radius 3 is 2.71 bits per heavy atom. The summed E-state index contributed by atoms with van der Waals surface area (Å²) in [5.41, 5.74) is 1.33. The largest absolute Gasteiger partial charge is 0.490 e. The van der Waals surface area contributed by atoms with Crippen molar-refractivity contribution in [2.75, 3.05) is 18.5 Å². The summed E-state index contributed by atoms with van der Waals surface area (Å²) in [6.07, 6.45) is 0. The van der Waals surface area contributed by atoms with Crippen molar-refractivity contribution < 1.29 is 18.3 Å². The van der Waals surface area contributed by atoms with E-state index in [0.717, 1.165) is 0 Å². The van der Waals surface area contributed by atoms with Crippen LogP contribution in [0.25, 0.3) is 0 Å². The lowest BCUT2D eigenvalue weighted by Crippen LogP contribution is -2.18. The Morgan fingerprint density at radius 2 is 2.06 bits per heavy atom. The molecule has 0 spiro atoms. The first-order chi connectivity index (χ1) is 8.16. The maximum absolute atomic E-state index is 12.1. The Kier molecular flexibility index (Phi) is 5.00. The number of hydrogen-bond donors (Lipinski definition) is 1. The molecule has 0 atom stereocenters. The van der Waals surface area contributed by atoms with Crippen LogP contribution in [0, 0.1) is 6.92 Å². The molecule has 0 bridgehead atoms. The number of fused-ring (bicyclic) bond motifs is 1. The van der Waals surface area contributed by atoms with Gasteiger partial charge in [-0.3, -0.25) is 0 Å². The van der Waals surface area contributed by atoms with Crippen LogP contribution >= 0.6 is 0 Å². The standard InChI is InChI=1S/C10H11F2NO2.C2H6/c1-6-4-9-7(13-2-3-14-9)5-8(6)15-10(11)12;1-2/h4-5,10,13H,2-3H2,1H3;1-2H3. The van der Waals surface area contributed by atoms with Crippen molar-refractivity contribution in [2.45, 2.75) is 27.4 Å². The molecule has 0 saturated heterocycles. The molecule has 1 aromatic carbocycles. The normalized spacial score (nSPS) is 12.8. The molecular weight excluding hydrogens is 228 g/mol. The number of halogens is 2. The van der Waals surface area contributed by atoms with Crippen LogP contribution in [0.4, 0.5) is 14.5 Å². The van der Waals surface area contributed by atoms with E-state index < -0.39 is 6.61 Å². The summed E-state index contributed by atoms with van der Waals surface area (Å²) >= 11 is 0.